The Balaban J connectivity index is 1.79. The zero-order chi connectivity index (χ0) is 15.7. The Morgan fingerprint density at radius 2 is 1.95 bits per heavy atom. The highest BCUT2D eigenvalue weighted by molar-refractivity contribution is 8.02. The molecule has 0 N–H and O–H groups in total. The maximum atomic E-state index is 13.2. The summed E-state index contributed by atoms with van der Waals surface area (Å²) in [6.45, 7) is 1.74. The summed E-state index contributed by atoms with van der Waals surface area (Å²) in [6.07, 6.45) is 0. The minimum absolute atomic E-state index is 0.167. The first-order valence-corrected chi connectivity index (χ1v) is 8.25. The highest BCUT2D eigenvalue weighted by Gasteiger charge is 2.19. The molecule has 0 unspecified atom stereocenters. The largest absolute Gasteiger partial charge is 0.293 e. The van der Waals surface area contributed by atoms with Crippen LogP contribution in [-0.4, -0.2) is 16.0 Å². The second-order valence-corrected chi connectivity index (χ2v) is 7.32. The fraction of sp³-hybridized carbons (Fsp3) is 0.125. The summed E-state index contributed by atoms with van der Waals surface area (Å²) in [4.78, 5) is 16.8. The minimum atomic E-state index is -1.01. The molecule has 22 heavy (non-hydrogen) atoms. The van der Waals surface area contributed by atoms with Crippen molar-refractivity contribution in [2.24, 2.45) is 0 Å². The van der Waals surface area contributed by atoms with Gasteiger partial charge in [0.05, 0.1) is 15.5 Å². The molecule has 0 aliphatic rings. The number of carbonyl (C=O) groups excluding carboxylic acids is 1. The Morgan fingerprint density at radius 1 is 1.18 bits per heavy atom. The van der Waals surface area contributed by atoms with Gasteiger partial charge in [0, 0.05) is 5.56 Å². The molecule has 0 saturated heterocycles. The van der Waals surface area contributed by atoms with Crippen LogP contribution in [0.1, 0.15) is 17.3 Å². The van der Waals surface area contributed by atoms with E-state index in [9.17, 15) is 13.6 Å². The smallest absolute Gasteiger partial charge is 0.176 e. The summed E-state index contributed by atoms with van der Waals surface area (Å²) in [7, 11) is 0. The van der Waals surface area contributed by atoms with Gasteiger partial charge in [-0.2, -0.15) is 0 Å². The van der Waals surface area contributed by atoms with Crippen LogP contribution in [0.25, 0.3) is 10.2 Å². The SMILES string of the molecule is C[C@H](Sc1nc2ccccc2s1)C(=O)c1ccc(F)c(F)c1. The number of hydrogen-bond acceptors (Lipinski definition) is 4. The van der Waals surface area contributed by atoms with Crippen LogP contribution in [0.2, 0.25) is 0 Å². The quantitative estimate of drug-likeness (QED) is 0.500. The third kappa shape index (κ3) is 3.03. The number of Topliss-reactive ketones (excluding diaryl/α,β-unsaturated/α-hetero) is 1. The van der Waals surface area contributed by atoms with Crippen LogP contribution < -0.4 is 0 Å². The third-order valence-corrected chi connectivity index (χ3v) is 5.36. The second kappa shape index (κ2) is 6.14. The maximum Gasteiger partial charge on any atom is 0.176 e. The first kappa shape index (κ1) is 15.1. The van der Waals surface area contributed by atoms with Gasteiger partial charge in [0.15, 0.2) is 21.8 Å². The predicted molar refractivity (Wildman–Crippen MR) is 85.6 cm³/mol. The van der Waals surface area contributed by atoms with E-state index >= 15 is 0 Å². The van der Waals surface area contributed by atoms with Crippen LogP contribution in [-0.2, 0) is 0 Å². The molecule has 0 fully saturated rings. The predicted octanol–water partition coefficient (Wildman–Crippen LogP) is 4.94. The molecule has 2 aromatic carbocycles. The van der Waals surface area contributed by atoms with Crippen molar-refractivity contribution in [3.05, 3.63) is 59.7 Å². The zero-order valence-corrected chi connectivity index (χ0v) is 13.2. The normalized spacial score (nSPS) is 12.5. The summed E-state index contributed by atoms with van der Waals surface area (Å²) in [5, 5.41) is -0.426. The second-order valence-electron chi connectivity index (χ2n) is 4.70. The summed E-state index contributed by atoms with van der Waals surface area (Å²) in [5.41, 5.74) is 1.06. The Hall–Kier alpha value is -1.79. The molecule has 1 atom stereocenters. The molecular formula is C16H11F2NOS2. The third-order valence-electron chi connectivity index (χ3n) is 3.13. The van der Waals surface area contributed by atoms with Crippen LogP contribution in [0, 0.1) is 11.6 Å². The molecule has 0 aliphatic heterocycles. The van der Waals surface area contributed by atoms with E-state index in [1.54, 1.807) is 6.92 Å². The molecule has 0 aliphatic carbocycles. The van der Waals surface area contributed by atoms with Crippen molar-refractivity contribution >= 4 is 39.1 Å². The van der Waals surface area contributed by atoms with Gasteiger partial charge < -0.3 is 0 Å². The number of thiazole rings is 1. The fourth-order valence-electron chi connectivity index (χ4n) is 1.99. The lowest BCUT2D eigenvalue weighted by Crippen LogP contribution is -2.13. The van der Waals surface area contributed by atoms with Gasteiger partial charge in [0.25, 0.3) is 0 Å². The van der Waals surface area contributed by atoms with Crippen LogP contribution in [0.5, 0.6) is 0 Å². The molecule has 0 radical (unpaired) electrons. The molecular weight excluding hydrogens is 324 g/mol. The maximum absolute atomic E-state index is 13.2. The number of aromatic nitrogens is 1. The number of fused-ring (bicyclic) bond motifs is 1. The minimum Gasteiger partial charge on any atom is -0.293 e. The standard InChI is InChI=1S/C16H11F2NOS2/c1-9(15(20)10-6-7-11(17)12(18)8-10)21-16-19-13-4-2-3-5-14(13)22-16/h2-9H,1H3/t9-/m0/s1. The number of para-hydroxylation sites is 1. The van der Waals surface area contributed by atoms with Gasteiger partial charge in [-0.05, 0) is 37.3 Å². The van der Waals surface area contributed by atoms with Crippen molar-refractivity contribution in [3.8, 4) is 0 Å². The molecule has 112 valence electrons. The molecule has 1 heterocycles. The van der Waals surface area contributed by atoms with Gasteiger partial charge in [-0.3, -0.25) is 4.79 Å². The van der Waals surface area contributed by atoms with Crippen LogP contribution in [0.3, 0.4) is 0 Å². The first-order valence-electron chi connectivity index (χ1n) is 6.56. The molecule has 0 bridgehead atoms. The van der Waals surface area contributed by atoms with E-state index in [1.165, 1.54) is 29.2 Å². The highest BCUT2D eigenvalue weighted by Crippen LogP contribution is 2.33. The average Bonchev–Trinajstić information content (AvgIpc) is 2.91. The number of thioether (sulfide) groups is 1. The van der Waals surface area contributed by atoms with E-state index in [0.29, 0.717) is 0 Å². The van der Waals surface area contributed by atoms with E-state index in [-0.39, 0.29) is 11.3 Å². The summed E-state index contributed by atoms with van der Waals surface area (Å²) < 4.78 is 28.0. The van der Waals surface area contributed by atoms with E-state index in [1.807, 2.05) is 24.3 Å². The summed E-state index contributed by atoms with van der Waals surface area (Å²) >= 11 is 2.83. The van der Waals surface area contributed by atoms with Gasteiger partial charge >= 0.3 is 0 Å². The van der Waals surface area contributed by atoms with Crippen molar-refractivity contribution in [1.82, 2.24) is 4.98 Å². The van der Waals surface area contributed by atoms with Crippen molar-refractivity contribution in [2.45, 2.75) is 16.5 Å². The Kier molecular flexibility index (Phi) is 4.22. The molecule has 6 heteroatoms. The zero-order valence-electron chi connectivity index (χ0n) is 11.5. The van der Waals surface area contributed by atoms with E-state index in [4.69, 9.17) is 0 Å². The van der Waals surface area contributed by atoms with Crippen LogP contribution in [0.15, 0.2) is 46.8 Å². The van der Waals surface area contributed by atoms with Gasteiger partial charge in [0.1, 0.15) is 0 Å². The average molecular weight is 335 g/mol. The Labute approximate surface area is 134 Å². The number of nitrogens with zero attached hydrogens (tertiary/aromatic N) is 1. The Morgan fingerprint density at radius 3 is 2.68 bits per heavy atom. The molecule has 0 spiro atoms. The number of hydrogen-bond donors (Lipinski definition) is 0. The van der Waals surface area contributed by atoms with Crippen molar-refractivity contribution in [3.63, 3.8) is 0 Å². The highest BCUT2D eigenvalue weighted by atomic mass is 32.2. The molecule has 1 aromatic heterocycles. The number of halogens is 2. The van der Waals surface area contributed by atoms with E-state index in [2.05, 4.69) is 4.98 Å². The van der Waals surface area contributed by atoms with Crippen molar-refractivity contribution in [1.29, 1.82) is 0 Å². The molecule has 3 aromatic rings. The molecule has 0 amide bonds. The van der Waals surface area contributed by atoms with E-state index in [0.717, 1.165) is 26.7 Å². The topological polar surface area (TPSA) is 30.0 Å². The van der Waals surface area contributed by atoms with Gasteiger partial charge in [-0.1, -0.05) is 23.9 Å². The van der Waals surface area contributed by atoms with Crippen LogP contribution >= 0.6 is 23.1 Å². The van der Waals surface area contributed by atoms with Crippen LogP contribution in [0.4, 0.5) is 8.78 Å². The number of carbonyl (C=O) groups is 1. The van der Waals surface area contributed by atoms with Crippen molar-refractivity contribution < 1.29 is 13.6 Å². The lowest BCUT2D eigenvalue weighted by molar-refractivity contribution is 0.0993. The summed E-state index contributed by atoms with van der Waals surface area (Å²) in [6, 6.07) is 10.9. The molecule has 3 rings (SSSR count). The fourth-order valence-corrected chi connectivity index (χ4v) is 4.28. The van der Waals surface area contributed by atoms with Crippen molar-refractivity contribution in [2.75, 3.05) is 0 Å². The molecule has 0 saturated carbocycles. The van der Waals surface area contributed by atoms with Gasteiger partial charge in [0.2, 0.25) is 0 Å². The monoisotopic (exact) mass is 335 g/mol. The molecule has 2 nitrogen and oxygen atoms in total. The van der Waals surface area contributed by atoms with Gasteiger partial charge in [-0.25, -0.2) is 13.8 Å². The van der Waals surface area contributed by atoms with Gasteiger partial charge in [-0.15, -0.1) is 11.3 Å². The lowest BCUT2D eigenvalue weighted by atomic mass is 10.1. The summed E-state index contributed by atoms with van der Waals surface area (Å²) in [5.74, 6) is -2.21. The first-order chi connectivity index (χ1) is 10.5. The number of benzene rings is 2. The number of rotatable bonds is 4. The van der Waals surface area contributed by atoms with E-state index < -0.39 is 16.9 Å². The Bertz CT molecular complexity index is 814. The lowest BCUT2D eigenvalue weighted by Gasteiger charge is -2.08. The number of ketones is 1.